The van der Waals surface area contributed by atoms with E-state index in [2.05, 4.69) is 179 Å². The monoisotopic (exact) mass is 662 g/mol. The zero-order chi connectivity index (χ0) is 34.2. The Morgan fingerprint density at radius 1 is 0.327 bits per heavy atom. The van der Waals surface area contributed by atoms with Gasteiger partial charge in [-0.05, 0) is 53.9 Å². The van der Waals surface area contributed by atoms with Gasteiger partial charge in [-0.3, -0.25) is 0 Å². The fourth-order valence-corrected chi connectivity index (χ4v) is 8.12. The molecule has 0 unspecified atom stereocenters. The number of rotatable bonds is 4. The Labute approximate surface area is 299 Å². The van der Waals surface area contributed by atoms with E-state index < -0.39 is 0 Å². The summed E-state index contributed by atoms with van der Waals surface area (Å²) in [6.07, 6.45) is 0. The molecule has 52 heavy (non-hydrogen) atoms. The first-order chi connectivity index (χ1) is 25.8. The van der Waals surface area contributed by atoms with Crippen molar-refractivity contribution in [1.29, 1.82) is 0 Å². The molecule has 0 fully saturated rings. The Balaban J connectivity index is 1.16. The molecule has 7 aromatic carbocycles. The molecule has 0 saturated carbocycles. The topological polar surface area (TPSA) is 35.1 Å². The van der Waals surface area contributed by atoms with E-state index in [1.165, 1.54) is 54.4 Å². The van der Waals surface area contributed by atoms with Crippen molar-refractivity contribution < 1.29 is 0 Å². The van der Waals surface area contributed by atoms with Gasteiger partial charge in [-0.1, -0.05) is 133 Å². The first-order valence-corrected chi connectivity index (χ1v) is 17.7. The highest BCUT2D eigenvalue weighted by Crippen LogP contribution is 2.39. The summed E-state index contributed by atoms with van der Waals surface area (Å²) in [5.74, 6) is 0.697. The molecule has 4 aromatic heterocycles. The molecule has 0 saturated heterocycles. The van der Waals surface area contributed by atoms with Gasteiger partial charge in [0, 0.05) is 49.3 Å². The highest BCUT2D eigenvalue weighted by molar-refractivity contribution is 6.19. The van der Waals surface area contributed by atoms with E-state index in [1.54, 1.807) is 0 Å². The maximum atomic E-state index is 5.14. The van der Waals surface area contributed by atoms with Crippen molar-refractivity contribution in [3.63, 3.8) is 0 Å². The van der Waals surface area contributed by atoms with Crippen LogP contribution in [0.4, 0.5) is 0 Å². The second kappa shape index (κ2) is 11.2. The molecule has 4 heteroatoms. The molecule has 0 N–H and O–H groups in total. The quantitative estimate of drug-likeness (QED) is 0.176. The highest BCUT2D eigenvalue weighted by Gasteiger charge is 2.18. The summed E-state index contributed by atoms with van der Waals surface area (Å²) in [4.78, 5) is 10.3. The molecule has 0 aliphatic rings. The van der Waals surface area contributed by atoms with Gasteiger partial charge in [-0.25, -0.2) is 9.97 Å². The number of pyridine rings is 1. The van der Waals surface area contributed by atoms with Crippen molar-refractivity contribution in [1.82, 2.24) is 18.9 Å². The van der Waals surface area contributed by atoms with Crippen LogP contribution in [0.2, 0.25) is 0 Å². The van der Waals surface area contributed by atoms with Gasteiger partial charge < -0.3 is 8.97 Å². The summed E-state index contributed by atoms with van der Waals surface area (Å²) in [6.45, 7) is 0. The molecule has 242 valence electrons. The van der Waals surface area contributed by atoms with E-state index in [1.807, 2.05) is 12.1 Å². The lowest BCUT2D eigenvalue weighted by molar-refractivity contribution is 1.16. The Morgan fingerprint density at radius 2 is 0.865 bits per heavy atom. The standard InChI is InChI=1S/C48H30N4/c1-3-14-31(15-4-1)41-30-42(32-16-5-2-6-17-32)50-48(49-41)33-18-13-19-35(26-33)51-43-24-11-10-23-39(43)40-29-45-34(28-47(40)51)27-46-38-22-8-7-20-36(38)37-21-9-12-25-44(37)52(45)46/h1-30H. The van der Waals surface area contributed by atoms with E-state index >= 15 is 0 Å². The van der Waals surface area contributed by atoms with Crippen LogP contribution in [0, 0.1) is 0 Å². The van der Waals surface area contributed by atoms with Gasteiger partial charge in [0.1, 0.15) is 0 Å². The highest BCUT2D eigenvalue weighted by atomic mass is 15.0. The fraction of sp³-hybridized carbons (Fsp3) is 0. The van der Waals surface area contributed by atoms with Crippen LogP contribution < -0.4 is 0 Å². The third kappa shape index (κ3) is 4.34. The van der Waals surface area contributed by atoms with Gasteiger partial charge >= 0.3 is 0 Å². The molecule has 11 rings (SSSR count). The number of nitrogens with zero attached hydrogens (tertiary/aromatic N) is 4. The normalized spacial score (nSPS) is 11.8. The van der Waals surface area contributed by atoms with Gasteiger partial charge in [0.05, 0.1) is 39.0 Å². The predicted molar refractivity (Wildman–Crippen MR) is 216 cm³/mol. The molecule has 0 radical (unpaired) electrons. The lowest BCUT2D eigenvalue weighted by Crippen LogP contribution is -1.98. The van der Waals surface area contributed by atoms with Crippen LogP contribution in [0.1, 0.15) is 0 Å². The van der Waals surface area contributed by atoms with E-state index in [0.29, 0.717) is 5.82 Å². The molecule has 0 atom stereocenters. The van der Waals surface area contributed by atoms with Crippen LogP contribution in [0.3, 0.4) is 0 Å². The second-order valence-electron chi connectivity index (χ2n) is 13.5. The van der Waals surface area contributed by atoms with Crippen molar-refractivity contribution in [3.8, 4) is 39.6 Å². The predicted octanol–water partition coefficient (Wildman–Crippen LogP) is 12.3. The number of benzene rings is 7. The molecule has 0 aliphatic heterocycles. The summed E-state index contributed by atoms with van der Waals surface area (Å²) >= 11 is 0. The lowest BCUT2D eigenvalue weighted by atomic mass is 10.1. The third-order valence-corrected chi connectivity index (χ3v) is 10.5. The Morgan fingerprint density at radius 3 is 1.56 bits per heavy atom. The molecule has 4 nitrogen and oxygen atoms in total. The zero-order valence-corrected chi connectivity index (χ0v) is 28.1. The largest absolute Gasteiger partial charge is 0.309 e. The first-order valence-electron chi connectivity index (χ1n) is 17.7. The minimum Gasteiger partial charge on any atom is -0.309 e. The fourth-order valence-electron chi connectivity index (χ4n) is 8.12. The number of aromatic nitrogens is 4. The van der Waals surface area contributed by atoms with Crippen molar-refractivity contribution in [2.45, 2.75) is 0 Å². The smallest absolute Gasteiger partial charge is 0.160 e. The molecule has 11 aromatic rings. The number of hydrogen-bond donors (Lipinski definition) is 0. The van der Waals surface area contributed by atoms with Crippen LogP contribution in [0.25, 0.3) is 99.5 Å². The third-order valence-electron chi connectivity index (χ3n) is 10.5. The average Bonchev–Trinajstić information content (AvgIpc) is 3.76. The number of fused-ring (bicyclic) bond motifs is 11. The molecular formula is C48H30N4. The van der Waals surface area contributed by atoms with Crippen molar-refractivity contribution in [2.24, 2.45) is 0 Å². The molecule has 0 bridgehead atoms. The summed E-state index contributed by atoms with van der Waals surface area (Å²) in [6, 6.07) is 64.8. The van der Waals surface area contributed by atoms with E-state index in [0.717, 1.165) is 39.3 Å². The number of para-hydroxylation sites is 2. The molecule has 0 aliphatic carbocycles. The molecule has 0 spiro atoms. The van der Waals surface area contributed by atoms with Crippen molar-refractivity contribution >= 4 is 59.9 Å². The van der Waals surface area contributed by atoms with Crippen LogP contribution in [-0.4, -0.2) is 18.9 Å². The molecule has 4 heterocycles. The van der Waals surface area contributed by atoms with E-state index in [9.17, 15) is 0 Å². The SMILES string of the molecule is c1ccc(-c2cc(-c3ccccc3)nc(-c3cccc(-n4c5ccccc5c5cc6c(cc54)cc4c5ccccc5c5ccccc5n64)c3)n2)cc1. The maximum absolute atomic E-state index is 5.14. The van der Waals surface area contributed by atoms with Crippen LogP contribution in [0.5, 0.6) is 0 Å². The second-order valence-corrected chi connectivity index (χ2v) is 13.5. The lowest BCUT2D eigenvalue weighted by Gasteiger charge is -2.12. The Bertz CT molecular complexity index is 3110. The van der Waals surface area contributed by atoms with Gasteiger partial charge in [0.15, 0.2) is 5.82 Å². The summed E-state index contributed by atoms with van der Waals surface area (Å²) < 4.78 is 4.84. The molecule has 0 amide bonds. The molecular weight excluding hydrogens is 633 g/mol. The van der Waals surface area contributed by atoms with Gasteiger partial charge in [0.2, 0.25) is 0 Å². The van der Waals surface area contributed by atoms with Crippen LogP contribution in [-0.2, 0) is 0 Å². The van der Waals surface area contributed by atoms with Gasteiger partial charge in [-0.15, -0.1) is 0 Å². The minimum atomic E-state index is 0.697. The van der Waals surface area contributed by atoms with E-state index in [-0.39, 0.29) is 0 Å². The first kappa shape index (κ1) is 28.8. The number of hydrogen-bond acceptors (Lipinski definition) is 2. The Hall–Kier alpha value is -7.04. The van der Waals surface area contributed by atoms with Gasteiger partial charge in [0.25, 0.3) is 0 Å². The van der Waals surface area contributed by atoms with Crippen molar-refractivity contribution in [2.75, 3.05) is 0 Å². The van der Waals surface area contributed by atoms with Crippen molar-refractivity contribution in [3.05, 3.63) is 182 Å². The summed E-state index contributed by atoms with van der Waals surface area (Å²) in [7, 11) is 0. The average molecular weight is 663 g/mol. The summed E-state index contributed by atoms with van der Waals surface area (Å²) in [5.41, 5.74) is 11.9. The Kier molecular flexibility index (Phi) is 6.22. The summed E-state index contributed by atoms with van der Waals surface area (Å²) in [5, 5.41) is 7.45. The van der Waals surface area contributed by atoms with Crippen LogP contribution >= 0.6 is 0 Å². The maximum Gasteiger partial charge on any atom is 0.160 e. The van der Waals surface area contributed by atoms with Gasteiger partial charge in [-0.2, -0.15) is 0 Å². The minimum absolute atomic E-state index is 0.697. The van der Waals surface area contributed by atoms with Crippen LogP contribution in [0.15, 0.2) is 182 Å². The zero-order valence-electron chi connectivity index (χ0n) is 28.1. The van der Waals surface area contributed by atoms with E-state index in [4.69, 9.17) is 9.97 Å².